The molecule has 9 heteroatoms. The van der Waals surface area contributed by atoms with E-state index in [1.165, 1.54) is 6.21 Å². The van der Waals surface area contributed by atoms with Crippen LogP contribution >= 0.6 is 0 Å². The van der Waals surface area contributed by atoms with Gasteiger partial charge in [-0.3, -0.25) is 9.59 Å². The van der Waals surface area contributed by atoms with Gasteiger partial charge in [-0.2, -0.15) is 10.2 Å². The summed E-state index contributed by atoms with van der Waals surface area (Å²) in [5, 5.41) is 16.3. The largest absolute Gasteiger partial charge is 0.481 e. The average Bonchev–Trinajstić information content (AvgIpc) is 2.90. The second kappa shape index (κ2) is 8.57. The number of carboxylic acids is 1. The Hall–Kier alpha value is -3.23. The van der Waals surface area contributed by atoms with Crippen LogP contribution in [0.1, 0.15) is 25.3 Å². The summed E-state index contributed by atoms with van der Waals surface area (Å²) in [6, 6.07) is 6.71. The fraction of sp³-hybridized carbons (Fsp3) is 0.312. The first-order valence-electron chi connectivity index (χ1n) is 7.57. The summed E-state index contributed by atoms with van der Waals surface area (Å²) >= 11 is 0. The number of amides is 2. The first-order valence-corrected chi connectivity index (χ1v) is 7.57. The number of ether oxygens (including phenoxy) is 1. The number of nitrogens with zero attached hydrogens (tertiary/aromatic N) is 2. The van der Waals surface area contributed by atoms with Crippen molar-refractivity contribution in [2.45, 2.75) is 19.8 Å². The molecule has 1 heterocycles. The van der Waals surface area contributed by atoms with Crippen molar-refractivity contribution in [3.05, 3.63) is 29.8 Å². The van der Waals surface area contributed by atoms with E-state index in [9.17, 15) is 14.4 Å². The molecule has 3 N–H and O–H groups in total. The van der Waals surface area contributed by atoms with Gasteiger partial charge in [0, 0.05) is 17.7 Å². The highest BCUT2D eigenvalue weighted by atomic mass is 16.5. The fourth-order valence-electron chi connectivity index (χ4n) is 2.19. The van der Waals surface area contributed by atoms with E-state index in [4.69, 9.17) is 9.84 Å². The number of carboxylic acid groups (broad SMARTS) is 1. The number of rotatable bonds is 8. The number of hydrogen-bond acceptors (Lipinski definition) is 6. The maximum absolute atomic E-state index is 11.8. The average molecular weight is 346 g/mol. The van der Waals surface area contributed by atoms with Crippen LogP contribution in [0.3, 0.4) is 0 Å². The molecule has 0 saturated carbocycles. The Kier molecular flexibility index (Phi) is 6.21. The molecule has 25 heavy (non-hydrogen) atoms. The Morgan fingerprint density at radius 1 is 1.44 bits per heavy atom. The summed E-state index contributed by atoms with van der Waals surface area (Å²) in [7, 11) is 0. The standard InChI is InChI=1S/C16H18N4O5/c1-10-12(16(24)20-18-10)6-7-14(21)19-17-8-11-4-2-3-5-13(11)25-9-15(22)23/h2-5,8,12H,6-7,9H2,1H3,(H,19,21)(H,20,24)(H,22,23). The van der Waals surface area contributed by atoms with Crippen LogP contribution in [-0.2, 0) is 14.4 Å². The Bertz CT molecular complexity index is 729. The van der Waals surface area contributed by atoms with Crippen LogP contribution < -0.4 is 15.6 Å². The first kappa shape index (κ1) is 18.1. The summed E-state index contributed by atoms with van der Waals surface area (Å²) in [6.45, 7) is 1.26. The molecule has 1 aliphatic rings. The molecule has 1 aromatic rings. The third-order valence-corrected chi connectivity index (χ3v) is 3.49. The molecule has 2 amide bonds. The van der Waals surface area contributed by atoms with Crippen molar-refractivity contribution in [1.82, 2.24) is 10.9 Å². The molecule has 0 radical (unpaired) electrons. The summed E-state index contributed by atoms with van der Waals surface area (Å²) in [6.07, 6.45) is 1.84. The number of para-hydroxylation sites is 1. The number of carbonyl (C=O) groups excluding carboxylic acids is 2. The fourth-order valence-corrected chi connectivity index (χ4v) is 2.19. The van der Waals surface area contributed by atoms with Gasteiger partial charge in [0.15, 0.2) is 6.61 Å². The Morgan fingerprint density at radius 2 is 2.20 bits per heavy atom. The third-order valence-electron chi connectivity index (χ3n) is 3.49. The molecule has 0 aromatic heterocycles. The quantitative estimate of drug-likeness (QED) is 0.466. The summed E-state index contributed by atoms with van der Waals surface area (Å²) in [5.74, 6) is -1.68. The second-order valence-corrected chi connectivity index (χ2v) is 5.33. The van der Waals surface area contributed by atoms with Gasteiger partial charge in [-0.1, -0.05) is 12.1 Å². The number of carbonyl (C=O) groups is 3. The van der Waals surface area contributed by atoms with E-state index in [-0.39, 0.29) is 24.2 Å². The van der Waals surface area contributed by atoms with Gasteiger partial charge < -0.3 is 9.84 Å². The maximum atomic E-state index is 11.8. The lowest BCUT2D eigenvalue weighted by Crippen LogP contribution is -2.25. The lowest BCUT2D eigenvalue weighted by molar-refractivity contribution is -0.139. The molecule has 0 aliphatic carbocycles. The van der Waals surface area contributed by atoms with Crippen molar-refractivity contribution in [3.8, 4) is 5.75 Å². The maximum Gasteiger partial charge on any atom is 0.341 e. The minimum absolute atomic E-state index is 0.124. The van der Waals surface area contributed by atoms with Crippen molar-refractivity contribution in [2.75, 3.05) is 6.61 Å². The van der Waals surface area contributed by atoms with Gasteiger partial charge in [-0.15, -0.1) is 0 Å². The van der Waals surface area contributed by atoms with E-state index in [0.29, 0.717) is 23.4 Å². The molecule has 132 valence electrons. The number of nitrogens with one attached hydrogen (secondary N) is 2. The van der Waals surface area contributed by atoms with Crippen LogP contribution in [0.2, 0.25) is 0 Å². The molecule has 1 atom stereocenters. The van der Waals surface area contributed by atoms with Gasteiger partial charge in [-0.25, -0.2) is 15.6 Å². The van der Waals surface area contributed by atoms with Crippen LogP contribution in [0.4, 0.5) is 0 Å². The van der Waals surface area contributed by atoms with Crippen LogP contribution in [0.15, 0.2) is 34.5 Å². The number of hydrogen-bond donors (Lipinski definition) is 3. The highest BCUT2D eigenvalue weighted by Gasteiger charge is 2.26. The minimum atomic E-state index is -1.09. The van der Waals surface area contributed by atoms with Gasteiger partial charge in [0.05, 0.1) is 12.1 Å². The zero-order valence-corrected chi connectivity index (χ0v) is 13.6. The summed E-state index contributed by atoms with van der Waals surface area (Å²) in [5.41, 5.74) is 5.92. The van der Waals surface area contributed by atoms with Crippen molar-refractivity contribution in [3.63, 3.8) is 0 Å². The monoisotopic (exact) mass is 346 g/mol. The molecule has 0 fully saturated rings. The lowest BCUT2D eigenvalue weighted by atomic mass is 9.99. The predicted octanol–water partition coefficient (Wildman–Crippen LogP) is 0.502. The van der Waals surface area contributed by atoms with Gasteiger partial charge >= 0.3 is 5.97 Å². The van der Waals surface area contributed by atoms with Gasteiger partial charge in [0.25, 0.3) is 0 Å². The third kappa shape index (κ3) is 5.41. The SMILES string of the molecule is CC1=NNC(=O)C1CCC(=O)NN=Cc1ccccc1OCC(=O)O. The van der Waals surface area contributed by atoms with Gasteiger partial charge in [0.2, 0.25) is 11.8 Å². The Balaban J connectivity index is 1.84. The van der Waals surface area contributed by atoms with Crippen molar-refractivity contribution >= 4 is 29.7 Å². The molecule has 0 saturated heterocycles. The van der Waals surface area contributed by atoms with Crippen molar-refractivity contribution < 1.29 is 24.2 Å². The molecular weight excluding hydrogens is 328 g/mol. The van der Waals surface area contributed by atoms with Crippen LogP contribution in [0, 0.1) is 5.92 Å². The zero-order chi connectivity index (χ0) is 18.2. The molecule has 1 unspecified atom stereocenters. The molecular formula is C16H18N4O5. The van der Waals surface area contributed by atoms with Gasteiger partial charge in [-0.05, 0) is 25.5 Å². The van der Waals surface area contributed by atoms with E-state index in [2.05, 4.69) is 21.1 Å². The normalized spacial score (nSPS) is 16.4. The molecule has 1 aliphatic heterocycles. The highest BCUT2D eigenvalue weighted by Crippen LogP contribution is 2.16. The lowest BCUT2D eigenvalue weighted by Gasteiger charge is -2.07. The first-order chi connectivity index (χ1) is 12.0. The molecule has 0 spiro atoms. The minimum Gasteiger partial charge on any atom is -0.481 e. The van der Waals surface area contributed by atoms with Gasteiger partial charge in [0.1, 0.15) is 5.75 Å². The topological polar surface area (TPSA) is 129 Å². The van der Waals surface area contributed by atoms with Crippen LogP contribution in [-0.4, -0.2) is 41.4 Å². The second-order valence-electron chi connectivity index (χ2n) is 5.33. The van der Waals surface area contributed by atoms with E-state index in [1.54, 1.807) is 31.2 Å². The van der Waals surface area contributed by atoms with Crippen molar-refractivity contribution in [2.24, 2.45) is 16.1 Å². The van der Waals surface area contributed by atoms with E-state index in [1.807, 2.05) is 0 Å². The Morgan fingerprint density at radius 3 is 2.88 bits per heavy atom. The van der Waals surface area contributed by atoms with E-state index >= 15 is 0 Å². The smallest absolute Gasteiger partial charge is 0.341 e. The summed E-state index contributed by atoms with van der Waals surface area (Å²) < 4.78 is 5.13. The zero-order valence-electron chi connectivity index (χ0n) is 13.6. The number of benzene rings is 1. The van der Waals surface area contributed by atoms with E-state index in [0.717, 1.165) is 0 Å². The van der Waals surface area contributed by atoms with Crippen LogP contribution in [0.25, 0.3) is 0 Å². The Labute approximate surface area is 143 Å². The predicted molar refractivity (Wildman–Crippen MR) is 89.3 cm³/mol. The number of aliphatic carboxylic acids is 1. The number of hydrazone groups is 2. The highest BCUT2D eigenvalue weighted by molar-refractivity contribution is 6.07. The summed E-state index contributed by atoms with van der Waals surface area (Å²) in [4.78, 5) is 33.9. The molecule has 2 rings (SSSR count). The molecule has 0 bridgehead atoms. The van der Waals surface area contributed by atoms with Crippen LogP contribution in [0.5, 0.6) is 5.75 Å². The van der Waals surface area contributed by atoms with E-state index < -0.39 is 12.6 Å². The molecule has 1 aromatic carbocycles. The molecule has 9 nitrogen and oxygen atoms in total. The van der Waals surface area contributed by atoms with Crippen molar-refractivity contribution in [1.29, 1.82) is 0 Å².